The summed E-state index contributed by atoms with van der Waals surface area (Å²) in [4.78, 5) is 26.8. The molecule has 0 amide bonds. The summed E-state index contributed by atoms with van der Waals surface area (Å²) in [5.74, 6) is 0.702. The second kappa shape index (κ2) is 9.04. The Morgan fingerprint density at radius 3 is 2.55 bits per heavy atom. The van der Waals surface area contributed by atoms with Crippen LogP contribution in [0.15, 0.2) is 67.4 Å². The van der Waals surface area contributed by atoms with Gasteiger partial charge in [0.25, 0.3) is 0 Å². The highest BCUT2D eigenvalue weighted by Gasteiger charge is 2.18. The van der Waals surface area contributed by atoms with E-state index >= 15 is 0 Å². The number of imidazole rings is 1. The average molecular weight is 502 g/mol. The number of hydrogen-bond donors (Lipinski definition) is 2. The SMILES string of the molecule is Cc1cccc(-c2cncc3[nH]c(-c4[nH]nc5ncc(-c6cncc(N7CCN(C)CC7)c6)cc45)nc23)c1. The van der Waals surface area contributed by atoms with E-state index in [4.69, 9.17) is 4.98 Å². The number of fused-ring (bicyclic) bond motifs is 2. The van der Waals surface area contributed by atoms with Crippen LogP contribution in [0.3, 0.4) is 0 Å². The van der Waals surface area contributed by atoms with Crippen molar-refractivity contribution in [3.63, 3.8) is 0 Å². The smallest absolute Gasteiger partial charge is 0.181 e. The minimum atomic E-state index is 0.643. The van der Waals surface area contributed by atoms with Gasteiger partial charge in [-0.05, 0) is 31.7 Å². The molecular weight excluding hydrogens is 474 g/mol. The van der Waals surface area contributed by atoms with Gasteiger partial charge in [0.15, 0.2) is 11.5 Å². The summed E-state index contributed by atoms with van der Waals surface area (Å²) in [5, 5.41) is 8.50. The van der Waals surface area contributed by atoms with Crippen molar-refractivity contribution in [2.45, 2.75) is 6.92 Å². The van der Waals surface area contributed by atoms with Crippen LogP contribution in [-0.4, -0.2) is 73.2 Å². The van der Waals surface area contributed by atoms with E-state index in [2.05, 4.69) is 90.3 Å². The van der Waals surface area contributed by atoms with Crippen molar-refractivity contribution in [3.8, 4) is 33.8 Å². The zero-order valence-electron chi connectivity index (χ0n) is 21.3. The molecule has 9 heteroatoms. The number of aromatic amines is 2. The van der Waals surface area contributed by atoms with Crippen molar-refractivity contribution in [3.05, 3.63) is 72.9 Å². The Balaban J connectivity index is 1.28. The number of rotatable bonds is 4. The molecule has 1 aliphatic heterocycles. The maximum absolute atomic E-state index is 4.98. The van der Waals surface area contributed by atoms with Crippen LogP contribution in [0, 0.1) is 6.92 Å². The second-order valence-corrected chi connectivity index (χ2v) is 9.95. The first kappa shape index (κ1) is 22.6. The molecule has 0 aliphatic carbocycles. The predicted molar refractivity (Wildman–Crippen MR) is 150 cm³/mol. The van der Waals surface area contributed by atoms with Gasteiger partial charge in [0.1, 0.15) is 5.69 Å². The lowest BCUT2D eigenvalue weighted by Gasteiger charge is -2.33. The monoisotopic (exact) mass is 501 g/mol. The van der Waals surface area contributed by atoms with Crippen molar-refractivity contribution in [1.82, 2.24) is 40.0 Å². The highest BCUT2D eigenvalue weighted by Crippen LogP contribution is 2.33. The Kier molecular flexibility index (Phi) is 5.36. The summed E-state index contributed by atoms with van der Waals surface area (Å²) in [5.41, 5.74) is 9.60. The molecular formula is C29H27N9. The van der Waals surface area contributed by atoms with E-state index in [1.165, 1.54) is 5.56 Å². The Hall–Kier alpha value is -4.63. The maximum atomic E-state index is 4.98. The van der Waals surface area contributed by atoms with Crippen LogP contribution in [0.1, 0.15) is 5.56 Å². The fourth-order valence-electron chi connectivity index (χ4n) is 5.14. The molecule has 0 atom stereocenters. The normalized spacial score (nSPS) is 14.5. The van der Waals surface area contributed by atoms with E-state index in [1.807, 2.05) is 31.0 Å². The van der Waals surface area contributed by atoms with Gasteiger partial charge in [-0.25, -0.2) is 9.97 Å². The molecule has 188 valence electrons. The first-order valence-corrected chi connectivity index (χ1v) is 12.8. The summed E-state index contributed by atoms with van der Waals surface area (Å²) in [6.45, 7) is 6.18. The van der Waals surface area contributed by atoms with Crippen LogP contribution in [0.5, 0.6) is 0 Å². The lowest BCUT2D eigenvalue weighted by molar-refractivity contribution is 0.313. The van der Waals surface area contributed by atoms with Crippen LogP contribution in [-0.2, 0) is 0 Å². The van der Waals surface area contributed by atoms with Crippen molar-refractivity contribution < 1.29 is 0 Å². The average Bonchev–Trinajstić information content (AvgIpc) is 3.57. The number of benzene rings is 1. The van der Waals surface area contributed by atoms with Crippen molar-refractivity contribution in [2.24, 2.45) is 0 Å². The molecule has 6 heterocycles. The van der Waals surface area contributed by atoms with Gasteiger partial charge < -0.3 is 14.8 Å². The third kappa shape index (κ3) is 3.97. The number of aryl methyl sites for hydroxylation is 1. The molecule has 7 rings (SSSR count). The molecule has 1 aliphatic rings. The number of likely N-dealkylation sites (N-methyl/N-ethyl adjacent to an activating group) is 1. The summed E-state index contributed by atoms with van der Waals surface area (Å²) >= 11 is 0. The summed E-state index contributed by atoms with van der Waals surface area (Å²) in [6, 6.07) is 12.7. The van der Waals surface area contributed by atoms with Crippen LogP contribution in [0.4, 0.5) is 5.69 Å². The minimum absolute atomic E-state index is 0.643. The molecule has 0 unspecified atom stereocenters. The van der Waals surface area contributed by atoms with E-state index < -0.39 is 0 Å². The predicted octanol–water partition coefficient (Wildman–Crippen LogP) is 4.69. The van der Waals surface area contributed by atoms with E-state index in [1.54, 1.807) is 0 Å². The van der Waals surface area contributed by atoms with Gasteiger partial charge in [0, 0.05) is 61.5 Å². The van der Waals surface area contributed by atoms with E-state index in [0.717, 1.165) is 76.2 Å². The summed E-state index contributed by atoms with van der Waals surface area (Å²) in [6.07, 6.45) is 9.37. The number of nitrogens with one attached hydrogen (secondary N) is 2. The standard InChI is InChI=1S/C29H27N9/c1-18-4-3-5-19(10-18)24-16-31-17-25-26(24)34-29(33-25)27-23-12-21(14-32-28(23)36-35-27)20-11-22(15-30-13-20)38-8-6-37(2)7-9-38/h3-5,10-17H,6-9H2,1-2H3,(H,33,34)(H,32,35,36). The quantitative estimate of drug-likeness (QED) is 0.361. The molecule has 0 radical (unpaired) electrons. The van der Waals surface area contributed by atoms with Gasteiger partial charge >= 0.3 is 0 Å². The van der Waals surface area contributed by atoms with Gasteiger partial charge in [-0.2, -0.15) is 5.10 Å². The number of aromatic nitrogens is 7. The Labute approximate surface area is 219 Å². The number of hydrogen-bond acceptors (Lipinski definition) is 7. The largest absolute Gasteiger partial charge is 0.368 e. The van der Waals surface area contributed by atoms with Gasteiger partial charge in [-0.1, -0.05) is 29.8 Å². The zero-order valence-corrected chi connectivity index (χ0v) is 21.3. The lowest BCUT2D eigenvalue weighted by atomic mass is 10.0. The van der Waals surface area contributed by atoms with Crippen molar-refractivity contribution >= 4 is 27.8 Å². The van der Waals surface area contributed by atoms with Crippen LogP contribution in [0.2, 0.25) is 0 Å². The van der Waals surface area contributed by atoms with E-state index in [9.17, 15) is 0 Å². The van der Waals surface area contributed by atoms with Crippen LogP contribution >= 0.6 is 0 Å². The molecule has 38 heavy (non-hydrogen) atoms. The molecule has 2 N–H and O–H groups in total. The van der Waals surface area contributed by atoms with Gasteiger partial charge in [0.2, 0.25) is 0 Å². The molecule has 1 fully saturated rings. The highest BCUT2D eigenvalue weighted by molar-refractivity contribution is 5.96. The Morgan fingerprint density at radius 2 is 1.68 bits per heavy atom. The zero-order chi connectivity index (χ0) is 25.6. The molecule has 0 saturated carbocycles. The molecule has 0 bridgehead atoms. The minimum Gasteiger partial charge on any atom is -0.368 e. The molecule has 5 aromatic heterocycles. The molecule has 9 nitrogen and oxygen atoms in total. The Morgan fingerprint density at radius 1 is 0.842 bits per heavy atom. The highest BCUT2D eigenvalue weighted by atomic mass is 15.2. The summed E-state index contributed by atoms with van der Waals surface area (Å²) in [7, 11) is 2.16. The van der Waals surface area contributed by atoms with Crippen molar-refractivity contribution in [2.75, 3.05) is 38.1 Å². The number of pyridine rings is 3. The lowest BCUT2D eigenvalue weighted by Crippen LogP contribution is -2.44. The third-order valence-electron chi connectivity index (χ3n) is 7.30. The third-order valence-corrected chi connectivity index (χ3v) is 7.30. The molecule has 0 spiro atoms. The van der Waals surface area contributed by atoms with E-state index in [0.29, 0.717) is 11.5 Å². The molecule has 1 saturated heterocycles. The Bertz CT molecular complexity index is 1780. The number of anilines is 1. The fourth-order valence-corrected chi connectivity index (χ4v) is 5.14. The maximum Gasteiger partial charge on any atom is 0.181 e. The van der Waals surface area contributed by atoms with Gasteiger partial charge in [-0.15, -0.1) is 0 Å². The van der Waals surface area contributed by atoms with Crippen molar-refractivity contribution in [1.29, 1.82) is 0 Å². The topological polar surface area (TPSA) is 103 Å². The first-order chi connectivity index (χ1) is 18.6. The second-order valence-electron chi connectivity index (χ2n) is 9.95. The number of piperazine rings is 1. The van der Waals surface area contributed by atoms with Gasteiger partial charge in [-0.3, -0.25) is 15.1 Å². The van der Waals surface area contributed by atoms with Crippen LogP contribution in [0.25, 0.3) is 55.8 Å². The van der Waals surface area contributed by atoms with Gasteiger partial charge in [0.05, 0.1) is 34.5 Å². The first-order valence-electron chi connectivity index (χ1n) is 12.8. The van der Waals surface area contributed by atoms with E-state index in [-0.39, 0.29) is 0 Å². The molecule has 6 aromatic rings. The number of nitrogens with zero attached hydrogens (tertiary/aromatic N) is 7. The number of H-pyrrole nitrogens is 2. The molecule has 1 aromatic carbocycles. The summed E-state index contributed by atoms with van der Waals surface area (Å²) < 4.78 is 0. The van der Waals surface area contributed by atoms with Crippen LogP contribution < -0.4 is 4.90 Å². The fraction of sp³-hybridized carbons (Fsp3) is 0.207.